The Morgan fingerprint density at radius 3 is 2.38 bits per heavy atom. The van der Waals surface area contributed by atoms with E-state index in [-0.39, 0.29) is 17.0 Å². The van der Waals surface area contributed by atoms with Crippen LogP contribution in [0.1, 0.15) is 21.7 Å². The molecular formula is C27H24N4O3. The first kappa shape index (κ1) is 21.5. The van der Waals surface area contributed by atoms with Crippen molar-refractivity contribution in [1.82, 2.24) is 9.47 Å². The predicted molar refractivity (Wildman–Crippen MR) is 130 cm³/mol. The average Bonchev–Trinajstić information content (AvgIpc) is 3.43. The summed E-state index contributed by atoms with van der Waals surface area (Å²) < 4.78 is 6.96. The molecule has 0 saturated carbocycles. The van der Waals surface area contributed by atoms with Crippen molar-refractivity contribution in [2.75, 3.05) is 31.1 Å². The van der Waals surface area contributed by atoms with Gasteiger partial charge in [0.2, 0.25) is 0 Å². The summed E-state index contributed by atoms with van der Waals surface area (Å²) in [4.78, 5) is 29.9. The van der Waals surface area contributed by atoms with Crippen molar-refractivity contribution in [3.05, 3.63) is 100 Å². The molecule has 34 heavy (non-hydrogen) atoms. The van der Waals surface area contributed by atoms with Crippen LogP contribution < -0.4 is 10.5 Å². The van der Waals surface area contributed by atoms with Gasteiger partial charge in [-0.15, -0.1) is 0 Å². The molecule has 0 atom stereocenters. The van der Waals surface area contributed by atoms with Gasteiger partial charge in [0.15, 0.2) is 5.76 Å². The molecule has 0 aliphatic carbocycles. The molecule has 1 saturated heterocycles. The summed E-state index contributed by atoms with van der Waals surface area (Å²) in [6, 6.07) is 23.3. The first-order valence-electron chi connectivity index (χ1n) is 11.3. The monoisotopic (exact) mass is 452 g/mol. The first-order valence-corrected chi connectivity index (χ1v) is 11.3. The van der Waals surface area contributed by atoms with Crippen molar-refractivity contribution in [1.29, 1.82) is 5.26 Å². The van der Waals surface area contributed by atoms with Crippen molar-refractivity contribution in [3.8, 4) is 6.07 Å². The van der Waals surface area contributed by atoms with E-state index in [0.29, 0.717) is 50.6 Å². The van der Waals surface area contributed by atoms with Crippen molar-refractivity contribution in [2.24, 2.45) is 0 Å². The van der Waals surface area contributed by atoms with Crippen LogP contribution in [-0.4, -0.2) is 41.6 Å². The van der Waals surface area contributed by atoms with Gasteiger partial charge in [-0.1, -0.05) is 48.5 Å². The Hall–Kier alpha value is -4.31. The van der Waals surface area contributed by atoms with E-state index in [1.807, 2.05) is 54.6 Å². The molecule has 1 fully saturated rings. The molecule has 2 aromatic carbocycles. The highest BCUT2D eigenvalue weighted by Gasteiger charge is 2.27. The topological polar surface area (TPSA) is 82.5 Å². The summed E-state index contributed by atoms with van der Waals surface area (Å²) in [5, 5.41) is 10.9. The van der Waals surface area contributed by atoms with Gasteiger partial charge in [0, 0.05) is 38.1 Å². The first-order chi connectivity index (χ1) is 16.7. The molecular weight excluding hydrogens is 428 g/mol. The summed E-state index contributed by atoms with van der Waals surface area (Å²) in [5.41, 5.74) is 2.48. The number of hydrogen-bond donors (Lipinski definition) is 0. The second-order valence-corrected chi connectivity index (χ2v) is 8.30. The van der Waals surface area contributed by atoms with E-state index in [2.05, 4.69) is 11.0 Å². The molecule has 0 radical (unpaired) electrons. The van der Waals surface area contributed by atoms with Gasteiger partial charge in [0.25, 0.3) is 11.5 Å². The molecule has 5 rings (SSSR count). The number of carbonyl (C=O) groups is 1. The van der Waals surface area contributed by atoms with Crippen LogP contribution >= 0.6 is 0 Å². The lowest BCUT2D eigenvalue weighted by Crippen LogP contribution is -2.49. The molecule has 0 N–H and O–H groups in total. The van der Waals surface area contributed by atoms with Gasteiger partial charge in [-0.3, -0.25) is 9.59 Å². The second kappa shape index (κ2) is 9.28. The molecule has 0 spiro atoms. The van der Waals surface area contributed by atoms with E-state index in [9.17, 15) is 14.9 Å². The zero-order valence-electron chi connectivity index (χ0n) is 18.7. The quantitative estimate of drug-likeness (QED) is 0.461. The van der Waals surface area contributed by atoms with E-state index in [0.717, 1.165) is 16.5 Å². The fourth-order valence-corrected chi connectivity index (χ4v) is 4.62. The lowest BCUT2D eigenvalue weighted by atomic mass is 10.1. The normalized spacial score (nSPS) is 13.7. The van der Waals surface area contributed by atoms with Crippen LogP contribution in [0.2, 0.25) is 0 Å². The number of nitrogens with zero attached hydrogens (tertiary/aromatic N) is 4. The number of piperazine rings is 1. The molecule has 2 aromatic heterocycles. The molecule has 4 aromatic rings. The Morgan fingerprint density at radius 2 is 1.68 bits per heavy atom. The minimum Gasteiger partial charge on any atom is -0.459 e. The zero-order chi connectivity index (χ0) is 23.5. The number of hydrogen-bond acceptors (Lipinski definition) is 5. The molecule has 1 aliphatic heterocycles. The van der Waals surface area contributed by atoms with Crippen molar-refractivity contribution in [2.45, 2.75) is 13.0 Å². The van der Waals surface area contributed by atoms with Crippen LogP contribution in [-0.2, 0) is 13.0 Å². The van der Waals surface area contributed by atoms with Gasteiger partial charge in [-0.2, -0.15) is 5.26 Å². The number of aromatic nitrogens is 1. The minimum absolute atomic E-state index is 0.147. The second-order valence-electron chi connectivity index (χ2n) is 8.30. The standard InChI is InChI=1S/C27H24N4O3/c28-19-22-25(29-14-16-30(17-15-29)27(33)24-11-6-18-34-24)21-9-4-5-10-23(21)31(26(22)32)13-12-20-7-2-1-3-8-20/h1-11,18H,12-17H2. The van der Waals surface area contributed by atoms with E-state index < -0.39 is 0 Å². The lowest BCUT2D eigenvalue weighted by Gasteiger charge is -2.36. The predicted octanol–water partition coefficient (Wildman–Crippen LogP) is 3.67. The van der Waals surface area contributed by atoms with Gasteiger partial charge in [-0.25, -0.2) is 0 Å². The maximum absolute atomic E-state index is 13.5. The number of rotatable bonds is 5. The number of aryl methyl sites for hydroxylation is 2. The van der Waals surface area contributed by atoms with Gasteiger partial charge in [0.1, 0.15) is 11.6 Å². The summed E-state index contributed by atoms with van der Waals surface area (Å²) in [6.07, 6.45) is 2.18. The number of para-hydroxylation sites is 1. The van der Waals surface area contributed by atoms with E-state index in [1.54, 1.807) is 21.6 Å². The maximum atomic E-state index is 13.5. The number of carbonyl (C=O) groups excluding carboxylic acids is 1. The number of fused-ring (bicyclic) bond motifs is 1. The van der Waals surface area contributed by atoms with Crippen molar-refractivity contribution in [3.63, 3.8) is 0 Å². The van der Waals surface area contributed by atoms with Crippen molar-refractivity contribution < 1.29 is 9.21 Å². The smallest absolute Gasteiger partial charge is 0.289 e. The summed E-state index contributed by atoms with van der Waals surface area (Å²) in [5.74, 6) is 0.170. The summed E-state index contributed by atoms with van der Waals surface area (Å²) >= 11 is 0. The number of benzene rings is 2. The van der Waals surface area contributed by atoms with Gasteiger partial charge in [-0.05, 0) is 30.2 Å². The molecule has 7 nitrogen and oxygen atoms in total. The van der Waals surface area contributed by atoms with Crippen LogP contribution in [0.25, 0.3) is 10.9 Å². The van der Waals surface area contributed by atoms with Gasteiger partial charge < -0.3 is 18.8 Å². The molecule has 170 valence electrons. The minimum atomic E-state index is -0.277. The van der Waals surface area contributed by atoms with E-state index in [1.165, 1.54) is 6.26 Å². The summed E-state index contributed by atoms with van der Waals surface area (Å²) in [7, 11) is 0. The Balaban J connectivity index is 1.47. The Bertz CT molecular complexity index is 1410. The van der Waals surface area contributed by atoms with Crippen LogP contribution in [0, 0.1) is 11.3 Å². The molecule has 7 heteroatoms. The van der Waals surface area contributed by atoms with Crippen LogP contribution in [0.4, 0.5) is 5.69 Å². The van der Waals surface area contributed by atoms with Crippen LogP contribution in [0.15, 0.2) is 82.2 Å². The maximum Gasteiger partial charge on any atom is 0.289 e. The third-order valence-electron chi connectivity index (χ3n) is 6.34. The third kappa shape index (κ3) is 3.95. The van der Waals surface area contributed by atoms with Crippen molar-refractivity contribution >= 4 is 22.5 Å². The van der Waals surface area contributed by atoms with E-state index in [4.69, 9.17) is 4.42 Å². The van der Waals surface area contributed by atoms with Gasteiger partial charge in [0.05, 0.1) is 17.5 Å². The van der Waals surface area contributed by atoms with E-state index >= 15 is 0 Å². The highest BCUT2D eigenvalue weighted by Crippen LogP contribution is 2.30. The Morgan fingerprint density at radius 1 is 0.941 bits per heavy atom. The zero-order valence-corrected chi connectivity index (χ0v) is 18.7. The fraction of sp³-hybridized carbons (Fsp3) is 0.222. The Labute approximate surface area is 197 Å². The fourth-order valence-electron chi connectivity index (χ4n) is 4.62. The van der Waals surface area contributed by atoms with Crippen LogP contribution in [0.5, 0.6) is 0 Å². The molecule has 1 aliphatic rings. The SMILES string of the molecule is N#Cc1c(N2CCN(C(=O)c3ccco3)CC2)c2ccccc2n(CCc2ccccc2)c1=O. The largest absolute Gasteiger partial charge is 0.459 e. The van der Waals surface area contributed by atoms with Crippen LogP contribution in [0.3, 0.4) is 0 Å². The molecule has 0 unspecified atom stereocenters. The number of nitriles is 1. The molecule has 3 heterocycles. The number of pyridine rings is 1. The average molecular weight is 453 g/mol. The summed E-state index contributed by atoms with van der Waals surface area (Å²) in [6.45, 7) is 2.51. The lowest BCUT2D eigenvalue weighted by molar-refractivity contribution is 0.0715. The highest BCUT2D eigenvalue weighted by atomic mass is 16.3. The number of furan rings is 1. The molecule has 1 amide bonds. The number of amides is 1. The Kier molecular flexibility index (Phi) is 5.88. The number of anilines is 1. The third-order valence-corrected chi connectivity index (χ3v) is 6.34. The molecule has 0 bridgehead atoms. The highest BCUT2D eigenvalue weighted by molar-refractivity contribution is 5.95. The van der Waals surface area contributed by atoms with Gasteiger partial charge >= 0.3 is 0 Å².